The van der Waals surface area contributed by atoms with Gasteiger partial charge in [0, 0.05) is 68.8 Å². The van der Waals surface area contributed by atoms with Crippen LogP contribution >= 0.6 is 0 Å². The molecule has 0 atom stereocenters. The molecule has 1 aliphatic rings. The Morgan fingerprint density at radius 3 is 1.53 bits per heavy atom. The highest BCUT2D eigenvalue weighted by Crippen LogP contribution is 2.54. The van der Waals surface area contributed by atoms with Gasteiger partial charge < -0.3 is 4.57 Å². The Morgan fingerprint density at radius 1 is 0.414 bits per heavy atom. The minimum atomic E-state index is -0.188. The maximum atomic E-state index is 5.16. The van der Waals surface area contributed by atoms with Crippen molar-refractivity contribution < 1.29 is 0 Å². The molecule has 6 aromatic carbocycles. The summed E-state index contributed by atoms with van der Waals surface area (Å²) in [7, 11) is 0. The summed E-state index contributed by atoms with van der Waals surface area (Å²) in [4.78, 5) is 23.8. The van der Waals surface area contributed by atoms with Crippen molar-refractivity contribution in [2.45, 2.75) is 19.3 Å². The molecule has 0 unspecified atom stereocenters. The van der Waals surface area contributed by atoms with E-state index >= 15 is 0 Å². The molecule has 10 aromatic rings. The summed E-state index contributed by atoms with van der Waals surface area (Å²) in [5.41, 5.74) is 15.5. The quantitative estimate of drug-likeness (QED) is 0.170. The summed E-state index contributed by atoms with van der Waals surface area (Å²) < 4.78 is 2.50. The molecule has 6 heteroatoms. The summed E-state index contributed by atoms with van der Waals surface area (Å²) in [6.45, 7) is 4.75. The molecule has 0 N–H and O–H groups in total. The third-order valence-electron chi connectivity index (χ3n) is 11.6. The summed E-state index contributed by atoms with van der Waals surface area (Å²) in [6, 6.07) is 56.0. The van der Waals surface area contributed by atoms with E-state index in [4.69, 9.17) is 15.0 Å². The average Bonchev–Trinajstić information content (AvgIpc) is 3.75. The number of benzene rings is 6. The van der Waals surface area contributed by atoms with Gasteiger partial charge in [0.1, 0.15) is 0 Å². The summed E-state index contributed by atoms with van der Waals surface area (Å²) in [5, 5.41) is 2.52. The zero-order valence-electron chi connectivity index (χ0n) is 32.0. The van der Waals surface area contributed by atoms with E-state index in [9.17, 15) is 0 Å². The second-order valence-electron chi connectivity index (χ2n) is 15.3. The molecule has 4 aromatic heterocycles. The molecule has 11 rings (SSSR count). The third kappa shape index (κ3) is 5.30. The highest BCUT2D eigenvalue weighted by molar-refractivity contribution is 6.15. The Bertz CT molecular complexity index is 3060. The van der Waals surface area contributed by atoms with E-state index in [1.165, 1.54) is 38.5 Å². The van der Waals surface area contributed by atoms with Crippen LogP contribution in [0.1, 0.15) is 25.0 Å². The lowest BCUT2D eigenvalue weighted by atomic mass is 9.80. The van der Waals surface area contributed by atoms with Crippen molar-refractivity contribution in [3.63, 3.8) is 0 Å². The van der Waals surface area contributed by atoms with Gasteiger partial charge in [-0.3, -0.25) is 9.97 Å². The molecule has 274 valence electrons. The SMILES string of the molecule is CC1(C)c2ccccc2-c2ccc3c(c21)c1ccccc1n3-c1c(-c2ccccc2)cc(-c2nc(-c3ccncc3)nc(-c3ccncc3)n2)cc1-c1ccccc1. The molecule has 0 spiro atoms. The predicted molar refractivity (Wildman–Crippen MR) is 234 cm³/mol. The fourth-order valence-electron chi connectivity index (χ4n) is 9.02. The van der Waals surface area contributed by atoms with Gasteiger partial charge in [0.15, 0.2) is 17.5 Å². The van der Waals surface area contributed by atoms with E-state index in [0.29, 0.717) is 17.5 Å². The lowest BCUT2D eigenvalue weighted by Crippen LogP contribution is -2.15. The van der Waals surface area contributed by atoms with Crippen LogP contribution in [0.4, 0.5) is 0 Å². The van der Waals surface area contributed by atoms with Crippen LogP contribution < -0.4 is 0 Å². The molecule has 6 nitrogen and oxygen atoms in total. The monoisotopic (exact) mass is 744 g/mol. The molecular formula is C52H36N6. The van der Waals surface area contributed by atoms with Crippen LogP contribution in [0.5, 0.6) is 0 Å². The lowest BCUT2D eigenvalue weighted by Gasteiger charge is -2.23. The van der Waals surface area contributed by atoms with Gasteiger partial charge in [-0.2, -0.15) is 0 Å². The predicted octanol–water partition coefficient (Wildman–Crippen LogP) is 12.4. The zero-order chi connectivity index (χ0) is 38.8. The first kappa shape index (κ1) is 33.7. The van der Waals surface area contributed by atoms with Gasteiger partial charge in [0.2, 0.25) is 0 Å². The van der Waals surface area contributed by atoms with Gasteiger partial charge in [0.25, 0.3) is 0 Å². The van der Waals surface area contributed by atoms with Crippen LogP contribution in [0.2, 0.25) is 0 Å². The smallest absolute Gasteiger partial charge is 0.164 e. The Labute approximate surface area is 336 Å². The standard InChI is InChI=1S/C52H36N6/c1-52(2)43-19-11-9-17-38(43)39-21-22-45-46(47(39)52)40-18-10-12-20-44(40)58(45)48-41(33-13-5-3-6-14-33)31-37(32-42(48)34-15-7-4-8-16-34)51-56-49(35-23-27-53-28-24-35)55-50(57-51)36-25-29-54-30-26-36/h3-32H,1-2H3. The van der Waals surface area contributed by atoms with E-state index in [2.05, 4.69) is 162 Å². The maximum Gasteiger partial charge on any atom is 0.164 e. The Balaban J connectivity index is 1.26. The van der Waals surface area contributed by atoms with E-state index in [0.717, 1.165) is 50.1 Å². The molecule has 0 amide bonds. The van der Waals surface area contributed by atoms with Crippen LogP contribution in [0, 0.1) is 0 Å². The van der Waals surface area contributed by atoms with Crippen molar-refractivity contribution in [2.75, 3.05) is 0 Å². The molecule has 0 bridgehead atoms. The van der Waals surface area contributed by atoms with Crippen LogP contribution in [0.15, 0.2) is 183 Å². The van der Waals surface area contributed by atoms with Crippen molar-refractivity contribution in [1.29, 1.82) is 0 Å². The van der Waals surface area contributed by atoms with Crippen LogP contribution in [0.3, 0.4) is 0 Å². The second-order valence-corrected chi connectivity index (χ2v) is 15.3. The highest BCUT2D eigenvalue weighted by atomic mass is 15.0. The van der Waals surface area contributed by atoms with Crippen molar-refractivity contribution in [3.8, 4) is 73.2 Å². The number of hydrogen-bond donors (Lipinski definition) is 0. The van der Waals surface area contributed by atoms with Gasteiger partial charge in [-0.15, -0.1) is 0 Å². The Hall–Kier alpha value is -7.57. The minimum absolute atomic E-state index is 0.188. The van der Waals surface area contributed by atoms with Crippen molar-refractivity contribution in [1.82, 2.24) is 29.5 Å². The second kappa shape index (κ2) is 13.3. The number of rotatable bonds is 6. The van der Waals surface area contributed by atoms with E-state index in [1.54, 1.807) is 24.8 Å². The lowest BCUT2D eigenvalue weighted by molar-refractivity contribution is 0.666. The molecule has 0 saturated carbocycles. The molecular weight excluding hydrogens is 709 g/mol. The van der Waals surface area contributed by atoms with Crippen LogP contribution in [-0.4, -0.2) is 29.5 Å². The number of fused-ring (bicyclic) bond motifs is 7. The van der Waals surface area contributed by atoms with Crippen LogP contribution in [-0.2, 0) is 5.41 Å². The maximum absolute atomic E-state index is 5.16. The van der Waals surface area contributed by atoms with Gasteiger partial charge in [0.05, 0.1) is 16.7 Å². The van der Waals surface area contributed by atoms with Crippen molar-refractivity contribution in [2.24, 2.45) is 0 Å². The van der Waals surface area contributed by atoms with Gasteiger partial charge in [-0.05, 0) is 81.9 Å². The number of nitrogens with zero attached hydrogens (tertiary/aromatic N) is 6. The van der Waals surface area contributed by atoms with E-state index in [1.807, 2.05) is 24.3 Å². The van der Waals surface area contributed by atoms with E-state index < -0.39 is 0 Å². The van der Waals surface area contributed by atoms with Gasteiger partial charge >= 0.3 is 0 Å². The average molecular weight is 745 g/mol. The van der Waals surface area contributed by atoms with Crippen LogP contribution in [0.25, 0.3) is 95.0 Å². The summed E-state index contributed by atoms with van der Waals surface area (Å²) in [6.07, 6.45) is 7.06. The Kier molecular flexibility index (Phi) is 7.73. The van der Waals surface area contributed by atoms with Gasteiger partial charge in [-0.25, -0.2) is 15.0 Å². The summed E-state index contributed by atoms with van der Waals surface area (Å²) in [5.74, 6) is 1.73. The number of para-hydroxylation sites is 1. The summed E-state index contributed by atoms with van der Waals surface area (Å²) >= 11 is 0. The number of aromatic nitrogens is 6. The topological polar surface area (TPSA) is 69.4 Å². The van der Waals surface area contributed by atoms with Gasteiger partial charge in [-0.1, -0.05) is 123 Å². The van der Waals surface area contributed by atoms with Crippen molar-refractivity contribution in [3.05, 3.63) is 194 Å². The highest BCUT2D eigenvalue weighted by Gasteiger charge is 2.38. The fourth-order valence-corrected chi connectivity index (χ4v) is 9.02. The minimum Gasteiger partial charge on any atom is -0.308 e. The largest absolute Gasteiger partial charge is 0.308 e. The first-order valence-electron chi connectivity index (χ1n) is 19.6. The molecule has 0 aliphatic heterocycles. The Morgan fingerprint density at radius 2 is 0.931 bits per heavy atom. The number of pyridine rings is 2. The molecule has 0 fully saturated rings. The molecule has 1 aliphatic carbocycles. The molecule has 0 radical (unpaired) electrons. The normalized spacial score (nSPS) is 12.8. The van der Waals surface area contributed by atoms with Crippen molar-refractivity contribution >= 4 is 21.8 Å². The first-order chi connectivity index (χ1) is 28.5. The first-order valence-corrected chi connectivity index (χ1v) is 19.6. The zero-order valence-corrected chi connectivity index (χ0v) is 32.0. The molecule has 58 heavy (non-hydrogen) atoms. The number of hydrogen-bond acceptors (Lipinski definition) is 5. The van der Waals surface area contributed by atoms with E-state index in [-0.39, 0.29) is 5.41 Å². The molecule has 0 saturated heterocycles. The third-order valence-corrected chi connectivity index (χ3v) is 11.6. The molecule has 4 heterocycles. The fraction of sp³-hybridized carbons (Fsp3) is 0.0577.